The third-order valence-corrected chi connectivity index (χ3v) is 6.09. The van der Waals surface area contributed by atoms with E-state index >= 15 is 0 Å². The fraction of sp³-hybridized carbons (Fsp3) is 0.526. The Morgan fingerprint density at radius 1 is 1.20 bits per heavy atom. The van der Waals surface area contributed by atoms with E-state index < -0.39 is 0 Å². The fourth-order valence-corrected chi connectivity index (χ4v) is 4.28. The molecule has 1 amide bonds. The van der Waals surface area contributed by atoms with Crippen LogP contribution in [0.2, 0.25) is 5.02 Å². The molecule has 1 aromatic carbocycles. The van der Waals surface area contributed by atoms with E-state index in [1.807, 2.05) is 29.2 Å². The van der Waals surface area contributed by atoms with Crippen molar-refractivity contribution in [1.82, 2.24) is 19.7 Å². The molecule has 0 unspecified atom stereocenters. The number of nitrogens with zero attached hydrogens (tertiary/aromatic N) is 4. The van der Waals surface area contributed by atoms with Gasteiger partial charge in [-0.25, -0.2) is 0 Å². The Bertz CT molecular complexity index is 836. The van der Waals surface area contributed by atoms with Crippen molar-refractivity contribution in [3.63, 3.8) is 0 Å². The van der Waals surface area contributed by atoms with Crippen LogP contribution in [0.1, 0.15) is 61.8 Å². The zero-order chi connectivity index (χ0) is 17.2. The minimum absolute atomic E-state index is 0.226. The van der Waals surface area contributed by atoms with Crippen LogP contribution in [0.3, 0.4) is 0 Å². The summed E-state index contributed by atoms with van der Waals surface area (Å²) in [5.74, 6) is 2.85. The van der Waals surface area contributed by atoms with Gasteiger partial charge in [-0.15, -0.1) is 10.2 Å². The number of amides is 1. The number of halogens is 1. The summed E-state index contributed by atoms with van der Waals surface area (Å²) in [4.78, 5) is 15.3. The SMILES string of the molecule is C[C@H]1CN(C(=O)C2(c3ccc(Cl)cc3)CC2)Cc2nnc(C3CC3)n21. The van der Waals surface area contributed by atoms with Crippen LogP contribution in [0.4, 0.5) is 0 Å². The number of aromatic nitrogens is 3. The van der Waals surface area contributed by atoms with Gasteiger partial charge in [-0.3, -0.25) is 4.79 Å². The Balaban J connectivity index is 1.42. The van der Waals surface area contributed by atoms with Gasteiger partial charge in [0, 0.05) is 17.5 Å². The summed E-state index contributed by atoms with van der Waals surface area (Å²) < 4.78 is 2.27. The normalized spacial score (nSPS) is 24.1. The highest BCUT2D eigenvalue weighted by atomic mass is 35.5. The molecule has 2 aromatic rings. The quantitative estimate of drug-likeness (QED) is 0.846. The molecule has 5 rings (SSSR count). The molecule has 25 heavy (non-hydrogen) atoms. The number of hydrogen-bond donors (Lipinski definition) is 0. The molecule has 1 aromatic heterocycles. The molecule has 6 heteroatoms. The lowest BCUT2D eigenvalue weighted by atomic mass is 9.94. The fourth-order valence-electron chi connectivity index (χ4n) is 4.16. The number of carbonyl (C=O) groups is 1. The van der Waals surface area contributed by atoms with Gasteiger partial charge in [0.1, 0.15) is 5.82 Å². The molecule has 130 valence electrons. The first-order chi connectivity index (χ1) is 12.1. The van der Waals surface area contributed by atoms with Crippen molar-refractivity contribution in [2.75, 3.05) is 6.54 Å². The van der Waals surface area contributed by atoms with Gasteiger partial charge < -0.3 is 9.47 Å². The van der Waals surface area contributed by atoms with E-state index in [-0.39, 0.29) is 17.4 Å². The summed E-state index contributed by atoms with van der Waals surface area (Å²) in [7, 11) is 0. The van der Waals surface area contributed by atoms with Gasteiger partial charge in [0.05, 0.1) is 18.0 Å². The average Bonchev–Trinajstić information content (AvgIpc) is 3.53. The molecule has 1 aliphatic heterocycles. The van der Waals surface area contributed by atoms with Crippen molar-refractivity contribution >= 4 is 17.5 Å². The smallest absolute Gasteiger partial charge is 0.233 e. The molecule has 3 aliphatic rings. The molecule has 2 heterocycles. The predicted molar refractivity (Wildman–Crippen MR) is 94.5 cm³/mol. The van der Waals surface area contributed by atoms with Crippen molar-refractivity contribution in [1.29, 1.82) is 0 Å². The van der Waals surface area contributed by atoms with Crippen LogP contribution in [-0.4, -0.2) is 32.1 Å². The van der Waals surface area contributed by atoms with Gasteiger partial charge in [0.2, 0.25) is 5.91 Å². The van der Waals surface area contributed by atoms with Gasteiger partial charge >= 0.3 is 0 Å². The first kappa shape index (κ1) is 15.4. The molecule has 0 spiro atoms. The lowest BCUT2D eigenvalue weighted by molar-refractivity contribution is -0.136. The van der Waals surface area contributed by atoms with E-state index in [1.165, 1.54) is 12.8 Å². The second-order valence-corrected chi connectivity index (χ2v) is 8.18. The molecular weight excluding hydrogens is 336 g/mol. The first-order valence-corrected chi connectivity index (χ1v) is 9.45. The molecular formula is C19H21ClN4O. The second kappa shape index (κ2) is 5.31. The van der Waals surface area contributed by atoms with E-state index in [4.69, 9.17) is 11.6 Å². The first-order valence-electron chi connectivity index (χ1n) is 9.07. The zero-order valence-corrected chi connectivity index (χ0v) is 15.0. The molecule has 0 saturated heterocycles. The maximum atomic E-state index is 13.3. The Morgan fingerprint density at radius 3 is 2.56 bits per heavy atom. The molecule has 5 nitrogen and oxygen atoms in total. The summed E-state index contributed by atoms with van der Waals surface area (Å²) in [6, 6.07) is 7.98. The van der Waals surface area contributed by atoms with Gasteiger partial charge in [-0.1, -0.05) is 23.7 Å². The average molecular weight is 357 g/mol. The van der Waals surface area contributed by atoms with Crippen molar-refractivity contribution in [3.8, 4) is 0 Å². The standard InChI is InChI=1S/C19H21ClN4O/c1-12-10-23(11-16-21-22-17(24(12)16)13-2-3-13)18(25)19(8-9-19)14-4-6-15(20)7-5-14/h4-7,12-13H,2-3,8-11H2,1H3/t12-/m0/s1. The maximum Gasteiger partial charge on any atom is 0.233 e. The van der Waals surface area contributed by atoms with Crippen LogP contribution in [0.5, 0.6) is 0 Å². The number of fused-ring (bicyclic) bond motifs is 1. The summed E-state index contributed by atoms with van der Waals surface area (Å²) in [5, 5.41) is 9.51. The third kappa shape index (κ3) is 2.40. The van der Waals surface area contributed by atoms with Crippen molar-refractivity contribution in [3.05, 3.63) is 46.5 Å². The molecule has 0 radical (unpaired) electrons. The lowest BCUT2D eigenvalue weighted by Gasteiger charge is -2.35. The molecule has 0 N–H and O–H groups in total. The van der Waals surface area contributed by atoms with Crippen molar-refractivity contribution in [2.45, 2.75) is 56.5 Å². The summed E-state index contributed by atoms with van der Waals surface area (Å²) in [6.07, 6.45) is 4.26. The van der Waals surface area contributed by atoms with Crippen LogP contribution in [0, 0.1) is 0 Å². The zero-order valence-electron chi connectivity index (χ0n) is 14.3. The Labute approximate surface area is 152 Å². The Kier molecular flexibility index (Phi) is 3.26. The number of hydrogen-bond acceptors (Lipinski definition) is 3. The van der Waals surface area contributed by atoms with E-state index in [1.54, 1.807) is 0 Å². The number of benzene rings is 1. The highest BCUT2D eigenvalue weighted by molar-refractivity contribution is 6.30. The lowest BCUT2D eigenvalue weighted by Crippen LogP contribution is -2.45. The molecule has 0 bridgehead atoms. The predicted octanol–water partition coefficient (Wildman–Crippen LogP) is 3.44. The van der Waals surface area contributed by atoms with Crippen molar-refractivity contribution < 1.29 is 4.79 Å². The van der Waals surface area contributed by atoms with E-state index in [9.17, 15) is 4.79 Å². The summed E-state index contributed by atoms with van der Waals surface area (Å²) >= 11 is 6.01. The number of carbonyl (C=O) groups excluding carboxylic acids is 1. The minimum atomic E-state index is -0.355. The Morgan fingerprint density at radius 2 is 1.92 bits per heavy atom. The maximum absolute atomic E-state index is 13.3. The van der Waals surface area contributed by atoms with Gasteiger partial charge in [0.25, 0.3) is 0 Å². The van der Waals surface area contributed by atoms with Crippen LogP contribution in [0.15, 0.2) is 24.3 Å². The van der Waals surface area contributed by atoms with Crippen LogP contribution in [0.25, 0.3) is 0 Å². The third-order valence-electron chi connectivity index (χ3n) is 5.84. The Hall–Kier alpha value is -1.88. The van der Waals surface area contributed by atoms with Crippen LogP contribution < -0.4 is 0 Å². The summed E-state index contributed by atoms with van der Waals surface area (Å²) in [6.45, 7) is 3.47. The molecule has 2 aliphatic carbocycles. The van der Waals surface area contributed by atoms with Crippen LogP contribution in [-0.2, 0) is 16.8 Å². The molecule has 2 fully saturated rings. The molecule has 1 atom stereocenters. The van der Waals surface area contributed by atoms with Gasteiger partial charge in [-0.05, 0) is 50.3 Å². The van der Waals surface area contributed by atoms with Gasteiger partial charge in [-0.2, -0.15) is 0 Å². The monoisotopic (exact) mass is 356 g/mol. The topological polar surface area (TPSA) is 51.0 Å². The van der Waals surface area contributed by atoms with E-state index in [0.29, 0.717) is 17.5 Å². The van der Waals surface area contributed by atoms with E-state index in [0.717, 1.165) is 36.6 Å². The highest BCUT2D eigenvalue weighted by Crippen LogP contribution is 2.50. The molecule has 2 saturated carbocycles. The largest absolute Gasteiger partial charge is 0.332 e. The van der Waals surface area contributed by atoms with E-state index in [2.05, 4.69) is 21.7 Å². The second-order valence-electron chi connectivity index (χ2n) is 7.74. The van der Waals surface area contributed by atoms with Gasteiger partial charge in [0.15, 0.2) is 5.82 Å². The van der Waals surface area contributed by atoms with Crippen LogP contribution >= 0.6 is 11.6 Å². The number of rotatable bonds is 3. The highest BCUT2D eigenvalue weighted by Gasteiger charge is 2.53. The van der Waals surface area contributed by atoms with Crippen molar-refractivity contribution in [2.24, 2.45) is 0 Å². The summed E-state index contributed by atoms with van der Waals surface area (Å²) in [5.41, 5.74) is 0.728. The minimum Gasteiger partial charge on any atom is -0.332 e.